The zero-order valence-corrected chi connectivity index (χ0v) is 16.9. The number of carbonyl (C=O) groups is 2. The molecule has 0 unspecified atom stereocenters. The predicted molar refractivity (Wildman–Crippen MR) is 115 cm³/mol. The number of ether oxygens (including phenoxy) is 2. The van der Waals surface area contributed by atoms with E-state index in [-0.39, 0.29) is 0 Å². The molecule has 1 aliphatic heterocycles. The van der Waals surface area contributed by atoms with Crippen molar-refractivity contribution in [3.8, 4) is 11.5 Å². The van der Waals surface area contributed by atoms with E-state index in [2.05, 4.69) is 5.10 Å². The van der Waals surface area contributed by atoms with Gasteiger partial charge in [-0.1, -0.05) is 31.2 Å². The molecule has 2 amide bonds. The summed E-state index contributed by atoms with van der Waals surface area (Å²) in [6, 6.07) is 16.2. The van der Waals surface area contributed by atoms with Crippen molar-refractivity contribution in [1.82, 2.24) is 5.01 Å². The van der Waals surface area contributed by atoms with E-state index in [4.69, 9.17) is 9.47 Å². The van der Waals surface area contributed by atoms with Crippen LogP contribution in [-0.4, -0.2) is 36.3 Å². The number of amides is 2. The van der Waals surface area contributed by atoms with Crippen LogP contribution in [0.1, 0.15) is 46.5 Å². The summed E-state index contributed by atoms with van der Waals surface area (Å²) in [6.45, 7) is 5.02. The third kappa shape index (κ3) is 3.52. The number of nitrogens with zero attached hydrogens (tertiary/aromatic N) is 2. The monoisotopic (exact) mass is 402 g/mol. The van der Waals surface area contributed by atoms with Crippen LogP contribution in [0.4, 0.5) is 0 Å². The SMILES string of the molecule is CCCOc1ccc(/C=N\N2C(=O)c3cccc4cccc(c34)C2=O)cc1OCC. The van der Waals surface area contributed by atoms with Crippen LogP contribution in [0.25, 0.3) is 10.8 Å². The molecule has 152 valence electrons. The van der Waals surface area contributed by atoms with Gasteiger partial charge >= 0.3 is 0 Å². The lowest BCUT2D eigenvalue weighted by molar-refractivity contribution is 0.0616. The van der Waals surface area contributed by atoms with E-state index in [1.165, 1.54) is 6.21 Å². The molecular formula is C24H22N2O4. The minimum atomic E-state index is -0.437. The number of imide groups is 1. The molecule has 3 aromatic rings. The Morgan fingerprint density at radius 3 is 2.23 bits per heavy atom. The van der Waals surface area contributed by atoms with Crippen LogP contribution < -0.4 is 9.47 Å². The Balaban J connectivity index is 1.65. The second-order valence-corrected chi connectivity index (χ2v) is 6.86. The first-order chi connectivity index (χ1) is 14.6. The summed E-state index contributed by atoms with van der Waals surface area (Å²) in [5, 5.41) is 6.66. The van der Waals surface area contributed by atoms with Gasteiger partial charge in [0.25, 0.3) is 11.8 Å². The smallest absolute Gasteiger partial charge is 0.282 e. The van der Waals surface area contributed by atoms with E-state index in [1.54, 1.807) is 36.4 Å². The Morgan fingerprint density at radius 2 is 1.60 bits per heavy atom. The van der Waals surface area contributed by atoms with Crippen molar-refractivity contribution >= 4 is 28.8 Å². The van der Waals surface area contributed by atoms with Crippen molar-refractivity contribution in [2.75, 3.05) is 13.2 Å². The highest BCUT2D eigenvalue weighted by Crippen LogP contribution is 2.31. The van der Waals surface area contributed by atoms with Gasteiger partial charge in [0.1, 0.15) is 0 Å². The fraction of sp³-hybridized carbons (Fsp3) is 0.208. The number of carbonyl (C=O) groups excluding carboxylic acids is 2. The van der Waals surface area contributed by atoms with Gasteiger partial charge < -0.3 is 9.47 Å². The maximum Gasteiger partial charge on any atom is 0.282 e. The molecule has 0 aromatic heterocycles. The Bertz CT molecular complexity index is 1100. The topological polar surface area (TPSA) is 68.2 Å². The molecule has 30 heavy (non-hydrogen) atoms. The zero-order valence-electron chi connectivity index (χ0n) is 16.9. The van der Waals surface area contributed by atoms with Gasteiger partial charge in [0.15, 0.2) is 11.5 Å². The van der Waals surface area contributed by atoms with E-state index in [0.717, 1.165) is 16.8 Å². The van der Waals surface area contributed by atoms with Crippen LogP contribution in [-0.2, 0) is 0 Å². The molecule has 0 bridgehead atoms. The number of hydrazone groups is 1. The maximum atomic E-state index is 12.9. The van der Waals surface area contributed by atoms with Crippen molar-refractivity contribution in [3.05, 3.63) is 71.3 Å². The average Bonchev–Trinajstić information content (AvgIpc) is 2.77. The second-order valence-electron chi connectivity index (χ2n) is 6.86. The molecule has 0 spiro atoms. The fourth-order valence-corrected chi connectivity index (χ4v) is 3.45. The van der Waals surface area contributed by atoms with Gasteiger partial charge in [-0.25, -0.2) is 0 Å². The first-order valence-electron chi connectivity index (χ1n) is 9.98. The molecule has 0 fully saturated rings. The highest BCUT2D eigenvalue weighted by atomic mass is 16.5. The third-order valence-corrected chi connectivity index (χ3v) is 4.80. The molecule has 0 saturated heterocycles. The van der Waals surface area contributed by atoms with E-state index in [1.807, 2.05) is 32.0 Å². The first-order valence-corrected chi connectivity index (χ1v) is 9.98. The highest BCUT2D eigenvalue weighted by molar-refractivity contribution is 6.25. The summed E-state index contributed by atoms with van der Waals surface area (Å²) >= 11 is 0. The summed E-state index contributed by atoms with van der Waals surface area (Å²) in [5.74, 6) is 0.379. The molecule has 1 aliphatic rings. The number of hydrogen-bond donors (Lipinski definition) is 0. The normalized spacial score (nSPS) is 13.3. The molecule has 1 heterocycles. The van der Waals surface area contributed by atoms with Gasteiger partial charge in [0.2, 0.25) is 0 Å². The Kier molecular flexibility index (Phi) is 5.48. The molecular weight excluding hydrogens is 380 g/mol. The van der Waals surface area contributed by atoms with E-state index < -0.39 is 11.8 Å². The summed E-state index contributed by atoms with van der Waals surface area (Å²) in [5.41, 5.74) is 1.64. The second kappa shape index (κ2) is 8.37. The van der Waals surface area contributed by atoms with Crippen LogP contribution in [0.3, 0.4) is 0 Å². The molecule has 4 rings (SSSR count). The summed E-state index contributed by atoms with van der Waals surface area (Å²) in [6.07, 6.45) is 2.37. The van der Waals surface area contributed by atoms with Gasteiger partial charge in [0, 0.05) is 5.39 Å². The van der Waals surface area contributed by atoms with Gasteiger partial charge in [-0.15, -0.1) is 0 Å². The Morgan fingerprint density at radius 1 is 0.900 bits per heavy atom. The van der Waals surface area contributed by atoms with Crippen LogP contribution in [0.15, 0.2) is 59.7 Å². The molecule has 6 nitrogen and oxygen atoms in total. The van der Waals surface area contributed by atoms with Crippen molar-refractivity contribution in [2.45, 2.75) is 20.3 Å². The molecule has 0 radical (unpaired) electrons. The molecule has 0 atom stereocenters. The molecule has 0 N–H and O–H groups in total. The van der Waals surface area contributed by atoms with Gasteiger partial charge in [0.05, 0.1) is 30.6 Å². The maximum absolute atomic E-state index is 12.9. The average molecular weight is 402 g/mol. The number of hydrogen-bond acceptors (Lipinski definition) is 5. The van der Waals surface area contributed by atoms with Crippen LogP contribution >= 0.6 is 0 Å². The summed E-state index contributed by atoms with van der Waals surface area (Å²) in [4.78, 5) is 25.8. The quantitative estimate of drug-likeness (QED) is 0.426. The molecule has 0 saturated carbocycles. The Hall–Kier alpha value is -3.67. The first kappa shape index (κ1) is 19.6. The third-order valence-electron chi connectivity index (χ3n) is 4.80. The largest absolute Gasteiger partial charge is 0.490 e. The lowest BCUT2D eigenvalue weighted by atomic mass is 9.95. The van der Waals surface area contributed by atoms with Crippen molar-refractivity contribution in [1.29, 1.82) is 0 Å². The van der Waals surface area contributed by atoms with E-state index in [0.29, 0.717) is 46.8 Å². The van der Waals surface area contributed by atoms with Crippen LogP contribution in [0.2, 0.25) is 0 Å². The summed E-state index contributed by atoms with van der Waals surface area (Å²) < 4.78 is 11.4. The molecule has 3 aromatic carbocycles. The fourth-order valence-electron chi connectivity index (χ4n) is 3.45. The van der Waals surface area contributed by atoms with Crippen molar-refractivity contribution < 1.29 is 19.1 Å². The van der Waals surface area contributed by atoms with Crippen molar-refractivity contribution in [3.63, 3.8) is 0 Å². The lowest BCUT2D eigenvalue weighted by Gasteiger charge is -2.23. The van der Waals surface area contributed by atoms with Crippen LogP contribution in [0, 0.1) is 0 Å². The summed E-state index contributed by atoms with van der Waals surface area (Å²) in [7, 11) is 0. The lowest BCUT2D eigenvalue weighted by Crippen LogP contribution is -2.36. The van der Waals surface area contributed by atoms with Crippen molar-refractivity contribution in [2.24, 2.45) is 5.10 Å². The van der Waals surface area contributed by atoms with Gasteiger partial charge in [-0.2, -0.15) is 10.1 Å². The molecule has 0 aliphatic carbocycles. The Labute approximate surface area is 174 Å². The minimum absolute atomic E-state index is 0.437. The number of rotatable bonds is 7. The zero-order chi connectivity index (χ0) is 21.1. The highest BCUT2D eigenvalue weighted by Gasteiger charge is 2.32. The van der Waals surface area contributed by atoms with Gasteiger partial charge in [-0.3, -0.25) is 9.59 Å². The van der Waals surface area contributed by atoms with Gasteiger partial charge in [-0.05, 0) is 54.6 Å². The predicted octanol–water partition coefficient (Wildman–Crippen LogP) is 4.66. The number of benzene rings is 3. The minimum Gasteiger partial charge on any atom is -0.490 e. The molecule has 6 heteroatoms. The van der Waals surface area contributed by atoms with E-state index in [9.17, 15) is 9.59 Å². The standard InChI is InChI=1S/C24H22N2O4/c1-3-13-30-20-12-11-16(14-21(20)29-4-2)15-25-26-23(27)18-9-5-7-17-8-6-10-19(22(17)18)24(26)28/h5-12,14-15H,3-4,13H2,1-2H3/b25-15-. The van der Waals surface area contributed by atoms with Crippen LogP contribution in [0.5, 0.6) is 11.5 Å². The van der Waals surface area contributed by atoms with E-state index >= 15 is 0 Å².